The van der Waals surface area contributed by atoms with Crippen molar-refractivity contribution in [1.29, 1.82) is 0 Å². The number of pyridine rings is 1. The first-order valence-electron chi connectivity index (χ1n) is 10.3. The number of hydrogen-bond donors (Lipinski definition) is 2. The van der Waals surface area contributed by atoms with Crippen LogP contribution in [-0.2, 0) is 20.3 Å². The van der Waals surface area contributed by atoms with Crippen LogP contribution in [0, 0.1) is 0 Å². The van der Waals surface area contributed by atoms with E-state index in [0.29, 0.717) is 11.5 Å². The van der Waals surface area contributed by atoms with E-state index in [9.17, 15) is 10.2 Å². The molecule has 3 aromatic carbocycles. The van der Waals surface area contributed by atoms with Crippen molar-refractivity contribution in [2.45, 2.75) is 13.2 Å². The molecular weight excluding hydrogens is 406 g/mol. The van der Waals surface area contributed by atoms with Crippen LogP contribution in [0.3, 0.4) is 0 Å². The minimum absolute atomic E-state index is 0.115. The van der Waals surface area contributed by atoms with Crippen LogP contribution >= 0.6 is 0 Å². The van der Waals surface area contributed by atoms with Gasteiger partial charge in [-0.2, -0.15) is 4.57 Å². The van der Waals surface area contributed by atoms with E-state index in [1.165, 1.54) is 0 Å². The zero-order valence-electron chi connectivity index (χ0n) is 18.2. The second kappa shape index (κ2) is 7.82. The number of aliphatic hydroxyl groups excluding tert-OH is 2. The van der Waals surface area contributed by atoms with Crippen LogP contribution in [0.15, 0.2) is 59.5 Å². The van der Waals surface area contributed by atoms with Crippen LogP contribution in [0.5, 0.6) is 11.5 Å². The first-order valence-corrected chi connectivity index (χ1v) is 10.3. The largest absolute Gasteiger partial charge is 0.493 e. The van der Waals surface area contributed by atoms with E-state index >= 15 is 0 Å². The Morgan fingerprint density at radius 3 is 2.31 bits per heavy atom. The normalized spacial score (nSPS) is 11.5. The lowest BCUT2D eigenvalue weighted by molar-refractivity contribution is -0.642. The number of aliphatic hydroxyl groups is 2. The second-order valence-corrected chi connectivity index (χ2v) is 7.78. The molecule has 2 N–H and O–H groups in total. The molecule has 6 nitrogen and oxygen atoms in total. The Labute approximate surface area is 184 Å². The van der Waals surface area contributed by atoms with Crippen molar-refractivity contribution in [3.8, 4) is 22.6 Å². The first kappa shape index (κ1) is 20.3. The minimum atomic E-state index is -0.137. The summed E-state index contributed by atoms with van der Waals surface area (Å²) in [4.78, 5) is 0. The van der Waals surface area contributed by atoms with Gasteiger partial charge >= 0.3 is 0 Å². The fraction of sp³-hybridized carbons (Fsp3) is 0.192. The maximum absolute atomic E-state index is 9.99. The van der Waals surface area contributed by atoms with Crippen molar-refractivity contribution in [2.75, 3.05) is 14.2 Å². The molecule has 0 unspecified atom stereocenters. The smallest absolute Gasteiger partial charge is 0.220 e. The number of aryl methyl sites for hydroxylation is 1. The summed E-state index contributed by atoms with van der Waals surface area (Å²) in [5, 5.41) is 24.7. The van der Waals surface area contributed by atoms with Gasteiger partial charge in [-0.3, -0.25) is 0 Å². The van der Waals surface area contributed by atoms with Gasteiger partial charge in [0.2, 0.25) is 5.52 Å². The third-order valence-electron chi connectivity index (χ3n) is 6.19. The molecule has 162 valence electrons. The SMILES string of the molecule is COc1cc2c(ccc3c4ccc(CO)c(CO)c4c[n+](C)c23)c(-c2ccoc2)c1OC. The minimum Gasteiger partial charge on any atom is -0.493 e. The number of furan rings is 1. The van der Waals surface area contributed by atoms with Crippen LogP contribution < -0.4 is 14.0 Å². The molecule has 0 bridgehead atoms. The van der Waals surface area contributed by atoms with Crippen molar-refractivity contribution in [3.05, 3.63) is 66.2 Å². The summed E-state index contributed by atoms with van der Waals surface area (Å²) in [7, 11) is 5.26. The van der Waals surface area contributed by atoms with E-state index in [1.807, 2.05) is 37.5 Å². The van der Waals surface area contributed by atoms with Gasteiger partial charge in [-0.1, -0.05) is 18.2 Å². The second-order valence-electron chi connectivity index (χ2n) is 7.78. The van der Waals surface area contributed by atoms with Gasteiger partial charge in [0, 0.05) is 21.9 Å². The highest BCUT2D eigenvalue weighted by Gasteiger charge is 2.23. The Morgan fingerprint density at radius 2 is 1.66 bits per heavy atom. The predicted octanol–water partition coefficient (Wildman–Crippen LogP) is 4.23. The average molecular weight is 430 g/mol. The van der Waals surface area contributed by atoms with E-state index in [4.69, 9.17) is 13.9 Å². The Balaban J connectivity index is 1.98. The Hall–Kier alpha value is -3.61. The Bertz CT molecular complexity index is 1470. The lowest BCUT2D eigenvalue weighted by Crippen LogP contribution is -2.29. The summed E-state index contributed by atoms with van der Waals surface area (Å²) in [5.41, 5.74) is 4.32. The van der Waals surface area contributed by atoms with Gasteiger partial charge in [0.05, 0.1) is 56.1 Å². The summed E-state index contributed by atoms with van der Waals surface area (Å²) in [6, 6.07) is 12.0. The number of methoxy groups -OCH3 is 2. The number of fused-ring (bicyclic) bond motifs is 5. The van der Waals surface area contributed by atoms with Crippen LogP contribution in [0.4, 0.5) is 0 Å². The van der Waals surface area contributed by atoms with Crippen molar-refractivity contribution in [3.63, 3.8) is 0 Å². The number of aromatic nitrogens is 1. The van der Waals surface area contributed by atoms with Gasteiger partial charge in [-0.25, -0.2) is 0 Å². The van der Waals surface area contributed by atoms with Crippen molar-refractivity contribution >= 4 is 32.4 Å². The highest BCUT2D eigenvalue weighted by Crippen LogP contribution is 2.46. The summed E-state index contributed by atoms with van der Waals surface area (Å²) < 4.78 is 18.9. The fourth-order valence-electron chi connectivity index (χ4n) is 4.74. The number of benzene rings is 3. The van der Waals surface area contributed by atoms with E-state index in [-0.39, 0.29) is 13.2 Å². The van der Waals surface area contributed by atoms with Crippen molar-refractivity contribution in [1.82, 2.24) is 0 Å². The topological polar surface area (TPSA) is 75.9 Å². The molecule has 0 amide bonds. The fourth-order valence-corrected chi connectivity index (χ4v) is 4.74. The van der Waals surface area contributed by atoms with Crippen LogP contribution in [-0.4, -0.2) is 24.4 Å². The molecule has 0 spiro atoms. The molecule has 0 radical (unpaired) electrons. The van der Waals surface area contributed by atoms with Gasteiger partial charge in [0.15, 0.2) is 17.7 Å². The zero-order valence-corrected chi connectivity index (χ0v) is 18.2. The predicted molar refractivity (Wildman–Crippen MR) is 123 cm³/mol. The van der Waals surface area contributed by atoms with Crippen LogP contribution in [0.25, 0.3) is 43.6 Å². The lowest BCUT2D eigenvalue weighted by Gasteiger charge is -2.16. The van der Waals surface area contributed by atoms with E-state index in [0.717, 1.165) is 54.7 Å². The molecular formula is C26H24NO5+. The summed E-state index contributed by atoms with van der Waals surface area (Å²) >= 11 is 0. The zero-order chi connectivity index (χ0) is 22.4. The average Bonchev–Trinajstić information content (AvgIpc) is 3.35. The van der Waals surface area contributed by atoms with Gasteiger partial charge in [-0.05, 0) is 29.3 Å². The molecule has 0 atom stereocenters. The molecule has 2 heterocycles. The highest BCUT2D eigenvalue weighted by molar-refractivity contribution is 6.17. The van der Waals surface area contributed by atoms with Crippen molar-refractivity contribution < 1.29 is 28.7 Å². The molecule has 0 aliphatic carbocycles. The molecule has 5 rings (SSSR count). The van der Waals surface area contributed by atoms with E-state index in [2.05, 4.69) is 16.7 Å². The molecule has 32 heavy (non-hydrogen) atoms. The molecule has 2 aromatic heterocycles. The number of ether oxygens (including phenoxy) is 2. The van der Waals surface area contributed by atoms with Crippen LogP contribution in [0.2, 0.25) is 0 Å². The third kappa shape index (κ3) is 2.84. The lowest BCUT2D eigenvalue weighted by atomic mass is 9.93. The van der Waals surface area contributed by atoms with Crippen molar-refractivity contribution in [2.24, 2.45) is 7.05 Å². The number of nitrogens with zero attached hydrogens (tertiary/aromatic N) is 1. The van der Waals surface area contributed by atoms with Gasteiger partial charge in [0.1, 0.15) is 7.05 Å². The maximum Gasteiger partial charge on any atom is 0.220 e. The Kier molecular flexibility index (Phi) is 4.96. The number of rotatable bonds is 5. The number of hydrogen-bond acceptors (Lipinski definition) is 5. The summed E-state index contributed by atoms with van der Waals surface area (Å²) in [6.07, 6.45) is 5.35. The van der Waals surface area contributed by atoms with E-state index < -0.39 is 0 Å². The van der Waals surface area contributed by atoms with Gasteiger partial charge in [-0.15, -0.1) is 0 Å². The third-order valence-corrected chi connectivity index (χ3v) is 6.19. The molecule has 0 aliphatic rings. The molecule has 0 saturated heterocycles. The standard InChI is InChI=1S/C26H24NO5/c1-27-11-21-17(5-4-15(12-28)22(21)13-29)19-7-6-18-20(25(19)27)10-23(30-2)26(31-3)24(18)16-8-9-32-14-16/h4-11,14,28-29H,12-13H2,1-3H3/q+1. The van der Waals surface area contributed by atoms with E-state index in [1.54, 1.807) is 26.7 Å². The molecule has 5 aromatic rings. The van der Waals surface area contributed by atoms with Crippen LogP contribution in [0.1, 0.15) is 11.1 Å². The van der Waals surface area contributed by atoms with Gasteiger partial charge in [0.25, 0.3) is 0 Å². The monoisotopic (exact) mass is 430 g/mol. The first-order chi connectivity index (χ1) is 15.6. The molecule has 6 heteroatoms. The summed E-state index contributed by atoms with van der Waals surface area (Å²) in [5.74, 6) is 1.29. The Morgan fingerprint density at radius 1 is 0.875 bits per heavy atom. The highest BCUT2D eigenvalue weighted by atomic mass is 16.5. The molecule has 0 fully saturated rings. The van der Waals surface area contributed by atoms with Gasteiger partial charge < -0.3 is 24.1 Å². The summed E-state index contributed by atoms with van der Waals surface area (Å²) in [6.45, 7) is -0.252. The molecule has 0 aliphatic heterocycles. The quantitative estimate of drug-likeness (QED) is 0.322. The molecule has 0 saturated carbocycles. The maximum atomic E-state index is 9.99.